The Labute approximate surface area is 205 Å². The largest absolute Gasteiger partial charge is 0.416 e. The molecule has 0 saturated heterocycles. The van der Waals surface area contributed by atoms with E-state index in [1.807, 2.05) is 0 Å². The van der Waals surface area contributed by atoms with Crippen molar-refractivity contribution in [2.45, 2.75) is 19.6 Å². The van der Waals surface area contributed by atoms with Crippen molar-refractivity contribution in [2.75, 3.05) is 10.6 Å². The Morgan fingerprint density at radius 1 is 0.971 bits per heavy atom. The molecule has 0 bridgehead atoms. The first-order valence-electron chi connectivity index (χ1n) is 9.71. The van der Waals surface area contributed by atoms with Crippen molar-refractivity contribution in [3.63, 3.8) is 0 Å². The van der Waals surface area contributed by atoms with Crippen LogP contribution in [-0.2, 0) is 12.7 Å². The Hall–Kier alpha value is -3.05. The SMILES string of the molecule is Cc1cc(NC(=O)c2cc(NC(=S)NCc3ccc(C(F)(F)F)cc3)c(F)cc2Br)ccc1F. The van der Waals surface area contributed by atoms with Gasteiger partial charge in [-0.25, -0.2) is 8.78 Å². The molecule has 1 amide bonds. The number of anilines is 2. The third kappa shape index (κ3) is 6.51. The van der Waals surface area contributed by atoms with E-state index in [9.17, 15) is 26.7 Å². The number of hydrogen-bond acceptors (Lipinski definition) is 2. The average molecular weight is 558 g/mol. The van der Waals surface area contributed by atoms with Crippen LogP contribution in [0.2, 0.25) is 0 Å². The van der Waals surface area contributed by atoms with Crippen LogP contribution < -0.4 is 16.0 Å². The summed E-state index contributed by atoms with van der Waals surface area (Å²) in [7, 11) is 0. The van der Waals surface area contributed by atoms with E-state index in [1.165, 1.54) is 36.4 Å². The zero-order valence-electron chi connectivity index (χ0n) is 17.5. The molecule has 0 fully saturated rings. The Morgan fingerprint density at radius 2 is 1.65 bits per heavy atom. The number of carbonyl (C=O) groups is 1. The molecule has 3 N–H and O–H groups in total. The lowest BCUT2D eigenvalue weighted by Gasteiger charge is -2.14. The van der Waals surface area contributed by atoms with Gasteiger partial charge in [0, 0.05) is 16.7 Å². The maximum absolute atomic E-state index is 14.4. The molecule has 0 saturated carbocycles. The average Bonchev–Trinajstić information content (AvgIpc) is 2.76. The van der Waals surface area contributed by atoms with Crippen LogP contribution in [-0.4, -0.2) is 11.0 Å². The van der Waals surface area contributed by atoms with Crippen LogP contribution in [0, 0.1) is 18.6 Å². The minimum absolute atomic E-state index is 0.00152. The number of halogens is 6. The van der Waals surface area contributed by atoms with Crippen molar-refractivity contribution in [3.05, 3.63) is 93.0 Å². The molecule has 3 aromatic carbocycles. The van der Waals surface area contributed by atoms with Gasteiger partial charge in [-0.2, -0.15) is 13.2 Å². The highest BCUT2D eigenvalue weighted by Crippen LogP contribution is 2.29. The maximum atomic E-state index is 14.4. The van der Waals surface area contributed by atoms with Crippen LogP contribution in [0.4, 0.5) is 33.3 Å². The molecule has 0 unspecified atom stereocenters. The molecule has 0 aliphatic rings. The fourth-order valence-corrected chi connectivity index (χ4v) is 3.58. The van der Waals surface area contributed by atoms with Crippen LogP contribution in [0.3, 0.4) is 0 Å². The number of hydrogen-bond donors (Lipinski definition) is 3. The minimum atomic E-state index is -4.43. The second-order valence-corrected chi connectivity index (χ2v) is 8.49. The summed E-state index contributed by atoms with van der Waals surface area (Å²) in [5.41, 5.74) is 0.481. The third-order valence-corrected chi connectivity index (χ3v) is 5.60. The van der Waals surface area contributed by atoms with Gasteiger partial charge in [-0.1, -0.05) is 12.1 Å². The maximum Gasteiger partial charge on any atom is 0.416 e. The molecule has 0 aromatic heterocycles. The van der Waals surface area contributed by atoms with Crippen molar-refractivity contribution >= 4 is 50.5 Å². The summed E-state index contributed by atoms with van der Waals surface area (Å²) < 4.78 is 66.0. The van der Waals surface area contributed by atoms with E-state index in [1.54, 1.807) is 6.92 Å². The number of alkyl halides is 3. The van der Waals surface area contributed by atoms with Gasteiger partial charge in [0.05, 0.1) is 16.8 Å². The number of thiocarbonyl (C=S) groups is 1. The van der Waals surface area contributed by atoms with Gasteiger partial charge in [0.15, 0.2) is 5.11 Å². The molecule has 0 aliphatic carbocycles. The molecule has 0 atom stereocenters. The molecule has 0 heterocycles. The lowest BCUT2D eigenvalue weighted by atomic mass is 10.1. The molecule has 34 heavy (non-hydrogen) atoms. The molecular formula is C23H17BrF5N3OS. The zero-order valence-corrected chi connectivity index (χ0v) is 19.9. The summed E-state index contributed by atoms with van der Waals surface area (Å²) in [4.78, 5) is 12.7. The Balaban J connectivity index is 1.67. The molecule has 178 valence electrons. The van der Waals surface area contributed by atoms with Crippen LogP contribution >= 0.6 is 28.1 Å². The summed E-state index contributed by atoms with van der Waals surface area (Å²) >= 11 is 8.29. The molecule has 0 spiro atoms. The van der Waals surface area contributed by atoms with E-state index in [4.69, 9.17) is 12.2 Å². The molecule has 0 aliphatic heterocycles. The molecule has 3 rings (SSSR count). The first-order valence-corrected chi connectivity index (χ1v) is 10.9. The lowest BCUT2D eigenvalue weighted by Crippen LogP contribution is -2.28. The van der Waals surface area contributed by atoms with Crippen molar-refractivity contribution in [2.24, 2.45) is 0 Å². The minimum Gasteiger partial charge on any atom is -0.358 e. The number of carbonyl (C=O) groups excluding carboxylic acids is 1. The number of nitrogens with one attached hydrogen (secondary N) is 3. The van der Waals surface area contributed by atoms with E-state index in [-0.39, 0.29) is 27.4 Å². The summed E-state index contributed by atoms with van der Waals surface area (Å²) in [6, 6.07) is 10.9. The van der Waals surface area contributed by atoms with Gasteiger partial charge in [-0.05, 0) is 88.7 Å². The van der Waals surface area contributed by atoms with Crippen LogP contribution in [0.1, 0.15) is 27.0 Å². The number of aryl methyl sites for hydroxylation is 1. The van der Waals surface area contributed by atoms with E-state index in [2.05, 4.69) is 31.9 Å². The lowest BCUT2D eigenvalue weighted by molar-refractivity contribution is -0.137. The number of benzene rings is 3. The van der Waals surface area contributed by atoms with Crippen molar-refractivity contribution in [1.29, 1.82) is 0 Å². The summed E-state index contributed by atoms with van der Waals surface area (Å²) in [6.45, 7) is 1.65. The van der Waals surface area contributed by atoms with E-state index in [0.717, 1.165) is 18.2 Å². The third-order valence-electron chi connectivity index (χ3n) is 4.70. The Kier molecular flexibility index (Phi) is 7.88. The van der Waals surface area contributed by atoms with E-state index in [0.29, 0.717) is 16.8 Å². The second kappa shape index (κ2) is 10.5. The molecule has 4 nitrogen and oxygen atoms in total. The fraction of sp³-hybridized carbons (Fsp3) is 0.130. The van der Waals surface area contributed by atoms with Gasteiger partial charge in [-0.3, -0.25) is 4.79 Å². The molecule has 0 radical (unpaired) electrons. The molecular weight excluding hydrogens is 541 g/mol. The van der Waals surface area contributed by atoms with Crippen molar-refractivity contribution in [3.8, 4) is 0 Å². The van der Waals surface area contributed by atoms with Gasteiger partial charge in [0.25, 0.3) is 5.91 Å². The van der Waals surface area contributed by atoms with Crippen molar-refractivity contribution in [1.82, 2.24) is 5.32 Å². The van der Waals surface area contributed by atoms with Gasteiger partial charge < -0.3 is 16.0 Å². The standard InChI is InChI=1S/C23H17BrF5N3OS/c1-12-8-15(6-7-18(12)25)31-21(33)16-9-20(19(26)10-17(16)24)32-22(34)30-11-13-2-4-14(5-3-13)23(27,28)29/h2-10H,11H2,1H3,(H,31,33)(H2,30,32,34). The summed E-state index contributed by atoms with van der Waals surface area (Å²) in [6.07, 6.45) is -4.43. The van der Waals surface area contributed by atoms with Gasteiger partial charge >= 0.3 is 6.18 Å². The Bertz CT molecular complexity index is 1230. The highest BCUT2D eigenvalue weighted by atomic mass is 79.9. The monoisotopic (exact) mass is 557 g/mol. The van der Waals surface area contributed by atoms with Crippen LogP contribution in [0.15, 0.2) is 59.1 Å². The predicted octanol–water partition coefficient (Wildman–Crippen LogP) is 6.79. The first-order chi connectivity index (χ1) is 15.9. The van der Waals surface area contributed by atoms with Gasteiger partial charge in [-0.15, -0.1) is 0 Å². The second-order valence-electron chi connectivity index (χ2n) is 7.23. The Morgan fingerprint density at radius 3 is 2.26 bits per heavy atom. The fourth-order valence-electron chi connectivity index (χ4n) is 2.90. The van der Waals surface area contributed by atoms with Crippen molar-refractivity contribution < 1.29 is 26.7 Å². The number of amides is 1. The highest BCUT2D eigenvalue weighted by molar-refractivity contribution is 9.10. The normalized spacial score (nSPS) is 11.1. The summed E-state index contributed by atoms with van der Waals surface area (Å²) in [5.74, 6) is -1.67. The molecule has 11 heteroatoms. The summed E-state index contributed by atoms with van der Waals surface area (Å²) in [5, 5.41) is 8.02. The first kappa shape index (κ1) is 25.6. The van der Waals surface area contributed by atoms with E-state index >= 15 is 0 Å². The van der Waals surface area contributed by atoms with E-state index < -0.39 is 29.3 Å². The smallest absolute Gasteiger partial charge is 0.358 e. The van der Waals surface area contributed by atoms with Crippen LogP contribution in [0.25, 0.3) is 0 Å². The zero-order chi connectivity index (χ0) is 25.0. The van der Waals surface area contributed by atoms with Gasteiger partial charge in [0.2, 0.25) is 0 Å². The quantitative estimate of drug-likeness (QED) is 0.239. The predicted molar refractivity (Wildman–Crippen MR) is 128 cm³/mol. The van der Waals surface area contributed by atoms with Crippen LogP contribution in [0.5, 0.6) is 0 Å². The topological polar surface area (TPSA) is 53.2 Å². The highest BCUT2D eigenvalue weighted by Gasteiger charge is 2.29. The molecule has 3 aromatic rings. The van der Waals surface area contributed by atoms with Gasteiger partial charge in [0.1, 0.15) is 11.6 Å². The number of rotatable bonds is 5.